The maximum atomic E-state index is 12.9. The van der Waals surface area contributed by atoms with Gasteiger partial charge < -0.3 is 9.73 Å². The molecular weight excluding hydrogens is 287 g/mol. The van der Waals surface area contributed by atoms with Crippen molar-refractivity contribution >= 4 is 17.3 Å². The van der Waals surface area contributed by atoms with E-state index >= 15 is 0 Å². The van der Waals surface area contributed by atoms with E-state index < -0.39 is 28.8 Å². The summed E-state index contributed by atoms with van der Waals surface area (Å²) in [6, 6.07) is -1.24. The van der Waals surface area contributed by atoms with Crippen LogP contribution < -0.4 is 16.2 Å². The first-order valence-corrected chi connectivity index (χ1v) is 5.46. The van der Waals surface area contributed by atoms with Crippen molar-refractivity contribution in [1.82, 2.24) is 0 Å². The number of hydrogen-bond donors (Lipinski definition) is 1. The molecule has 1 N–H and O–H groups in total. The molecule has 0 amide bonds. The van der Waals surface area contributed by atoms with Crippen LogP contribution in [0.3, 0.4) is 0 Å². The number of alkyl halides is 3. The third-order valence-corrected chi connectivity index (χ3v) is 2.84. The first-order valence-electron chi connectivity index (χ1n) is 5.09. The molecule has 0 aliphatic carbocycles. The normalized spacial score (nSPS) is 13.7. The minimum atomic E-state index is -4.70. The van der Waals surface area contributed by atoms with E-state index in [0.717, 1.165) is 12.3 Å². The number of furan rings is 1. The quantitative estimate of drug-likeness (QED) is 0.884. The molecule has 1 atom stereocenters. The summed E-state index contributed by atoms with van der Waals surface area (Å²) in [6.07, 6.45) is -3.75. The van der Waals surface area contributed by atoms with E-state index in [1.165, 1.54) is 6.92 Å². The zero-order chi connectivity index (χ0) is 14.4. The van der Waals surface area contributed by atoms with Crippen molar-refractivity contribution in [3.63, 3.8) is 0 Å². The molecule has 0 unspecified atom stereocenters. The summed E-state index contributed by atoms with van der Waals surface area (Å²) in [7, 11) is 0. The van der Waals surface area contributed by atoms with Crippen molar-refractivity contribution in [3.8, 4) is 0 Å². The van der Waals surface area contributed by atoms with Crippen LogP contribution in [-0.2, 0) is 0 Å². The number of halogens is 4. The molecule has 0 aliphatic heterocycles. The molecule has 0 radical (unpaired) electrons. The Hall–Kier alpha value is -1.76. The Kier molecular flexibility index (Phi) is 3.17. The maximum absolute atomic E-state index is 12.9. The van der Waals surface area contributed by atoms with Gasteiger partial charge in [0, 0.05) is 11.6 Å². The van der Waals surface area contributed by atoms with Crippen LogP contribution in [-0.4, -0.2) is 6.18 Å². The van der Waals surface area contributed by atoms with Crippen LogP contribution in [0.25, 0.3) is 0 Å². The highest BCUT2D eigenvalue weighted by molar-refractivity contribution is 6.30. The van der Waals surface area contributed by atoms with Gasteiger partial charge in [-0.3, -0.25) is 9.59 Å². The van der Waals surface area contributed by atoms with Crippen LogP contribution in [0.4, 0.5) is 18.9 Å². The molecule has 1 aromatic heterocycles. The van der Waals surface area contributed by atoms with E-state index in [4.69, 9.17) is 11.6 Å². The van der Waals surface area contributed by atoms with Gasteiger partial charge in [0.15, 0.2) is 6.04 Å². The standard InChI is InChI=1S/C11H7ClF3NO3/c1-4-7(9(18)8(4)17)16-10(11(13,14)15)6-2-5(12)3-19-6/h2-3,10,16H,1H3/t10-/m0/s1. The highest BCUT2D eigenvalue weighted by atomic mass is 35.5. The Morgan fingerprint density at radius 3 is 2.37 bits per heavy atom. The lowest BCUT2D eigenvalue weighted by molar-refractivity contribution is -0.147. The summed E-state index contributed by atoms with van der Waals surface area (Å²) in [5.74, 6) is -0.482. The van der Waals surface area contributed by atoms with Crippen molar-refractivity contribution in [3.05, 3.63) is 49.1 Å². The lowest BCUT2D eigenvalue weighted by Gasteiger charge is -2.21. The lowest BCUT2D eigenvalue weighted by Crippen LogP contribution is -2.40. The second-order valence-corrected chi connectivity index (χ2v) is 4.38. The van der Waals surface area contributed by atoms with E-state index in [2.05, 4.69) is 4.42 Å². The van der Waals surface area contributed by atoms with Gasteiger partial charge in [0.05, 0.1) is 10.7 Å². The van der Waals surface area contributed by atoms with Gasteiger partial charge in [-0.25, -0.2) is 0 Å². The number of rotatable bonds is 3. The molecule has 2 aromatic rings. The van der Waals surface area contributed by atoms with Gasteiger partial charge in [0.1, 0.15) is 12.0 Å². The predicted molar refractivity (Wildman–Crippen MR) is 62.2 cm³/mol. The second-order valence-electron chi connectivity index (χ2n) is 3.94. The summed E-state index contributed by atoms with van der Waals surface area (Å²) in [5.41, 5.74) is -2.14. The molecule has 0 fully saturated rings. The van der Waals surface area contributed by atoms with Crippen LogP contribution in [0, 0.1) is 6.92 Å². The topological polar surface area (TPSA) is 59.3 Å². The minimum Gasteiger partial charge on any atom is -0.465 e. The molecule has 0 saturated heterocycles. The van der Waals surface area contributed by atoms with Crippen molar-refractivity contribution < 1.29 is 17.6 Å². The second kappa shape index (κ2) is 4.41. The summed E-state index contributed by atoms with van der Waals surface area (Å²) in [4.78, 5) is 22.1. The van der Waals surface area contributed by atoms with Crippen molar-refractivity contribution in [2.24, 2.45) is 0 Å². The summed E-state index contributed by atoms with van der Waals surface area (Å²) >= 11 is 5.50. The van der Waals surface area contributed by atoms with E-state index in [9.17, 15) is 22.8 Å². The van der Waals surface area contributed by atoms with Gasteiger partial charge >= 0.3 is 6.18 Å². The summed E-state index contributed by atoms with van der Waals surface area (Å²) in [5, 5.41) is 1.99. The van der Waals surface area contributed by atoms with E-state index in [0.29, 0.717) is 0 Å². The number of hydrogen-bond acceptors (Lipinski definition) is 4. The third kappa shape index (κ3) is 2.37. The average molecular weight is 294 g/mol. The largest absolute Gasteiger partial charge is 0.465 e. The average Bonchev–Trinajstić information content (AvgIpc) is 2.73. The summed E-state index contributed by atoms with van der Waals surface area (Å²) in [6.45, 7) is 1.27. The molecular formula is C11H7ClF3NO3. The highest BCUT2D eigenvalue weighted by Gasteiger charge is 2.44. The van der Waals surface area contributed by atoms with Crippen molar-refractivity contribution in [2.75, 3.05) is 5.32 Å². The summed E-state index contributed by atoms with van der Waals surface area (Å²) < 4.78 is 43.4. The zero-order valence-electron chi connectivity index (χ0n) is 9.47. The molecule has 1 heterocycles. The molecule has 0 spiro atoms. The van der Waals surface area contributed by atoms with Crippen molar-refractivity contribution in [2.45, 2.75) is 19.1 Å². The van der Waals surface area contributed by atoms with Crippen LogP contribution >= 0.6 is 11.6 Å². The van der Waals surface area contributed by atoms with Crippen LogP contribution in [0.2, 0.25) is 5.02 Å². The van der Waals surface area contributed by atoms with Crippen molar-refractivity contribution in [1.29, 1.82) is 0 Å². The Labute approximate surface area is 109 Å². The minimum absolute atomic E-state index is 0.00719. The van der Waals surface area contributed by atoms with Gasteiger partial charge in [0.2, 0.25) is 10.9 Å². The van der Waals surface area contributed by atoms with E-state index in [-0.39, 0.29) is 16.3 Å². The fourth-order valence-corrected chi connectivity index (χ4v) is 1.77. The molecule has 8 heteroatoms. The first kappa shape index (κ1) is 13.7. The Balaban J connectivity index is 2.36. The number of anilines is 1. The van der Waals surface area contributed by atoms with Crippen LogP contribution in [0.1, 0.15) is 17.4 Å². The van der Waals surface area contributed by atoms with Crippen LogP contribution in [0.15, 0.2) is 26.3 Å². The highest BCUT2D eigenvalue weighted by Crippen LogP contribution is 2.36. The molecule has 4 nitrogen and oxygen atoms in total. The first-order chi connectivity index (χ1) is 8.71. The molecule has 1 aromatic carbocycles. The fourth-order valence-electron chi connectivity index (χ4n) is 1.62. The van der Waals surface area contributed by atoms with Gasteiger partial charge in [-0.05, 0) is 6.92 Å². The molecule has 0 aliphatic rings. The molecule has 0 saturated carbocycles. The fraction of sp³-hybridized carbons (Fsp3) is 0.273. The van der Waals surface area contributed by atoms with Crippen LogP contribution in [0.5, 0.6) is 0 Å². The van der Waals surface area contributed by atoms with Gasteiger partial charge in [-0.15, -0.1) is 0 Å². The Morgan fingerprint density at radius 1 is 1.32 bits per heavy atom. The lowest BCUT2D eigenvalue weighted by atomic mass is 10.1. The maximum Gasteiger partial charge on any atom is 0.415 e. The van der Waals surface area contributed by atoms with E-state index in [1.807, 2.05) is 5.32 Å². The monoisotopic (exact) mass is 293 g/mol. The smallest absolute Gasteiger partial charge is 0.415 e. The molecule has 2 rings (SSSR count). The van der Waals surface area contributed by atoms with Gasteiger partial charge in [-0.1, -0.05) is 11.6 Å². The Morgan fingerprint density at radius 2 is 1.95 bits per heavy atom. The van der Waals surface area contributed by atoms with E-state index in [1.54, 1.807) is 0 Å². The third-order valence-electron chi connectivity index (χ3n) is 2.64. The number of nitrogens with one attached hydrogen (secondary N) is 1. The van der Waals surface area contributed by atoms with Gasteiger partial charge in [0.25, 0.3) is 0 Å². The molecule has 0 bridgehead atoms. The Bertz CT molecular complexity index is 682. The predicted octanol–water partition coefficient (Wildman–Crippen LogP) is 2.55. The van der Waals surface area contributed by atoms with Gasteiger partial charge in [-0.2, -0.15) is 13.2 Å². The SMILES string of the molecule is Cc1c(N[C@@H](c2cc(Cl)co2)C(F)(F)F)c(=O)c1=O. The zero-order valence-corrected chi connectivity index (χ0v) is 10.2. The molecule has 102 valence electrons. The molecule has 19 heavy (non-hydrogen) atoms.